The molecule has 1 aliphatic rings. The van der Waals surface area contributed by atoms with E-state index in [2.05, 4.69) is 28.6 Å². The van der Waals surface area contributed by atoms with Crippen molar-refractivity contribution in [1.82, 2.24) is 15.6 Å². The molecule has 0 radical (unpaired) electrons. The van der Waals surface area contributed by atoms with Crippen LogP contribution in [0.15, 0.2) is 41.4 Å². The maximum Gasteiger partial charge on any atom is 0.191 e. The first-order valence-corrected chi connectivity index (χ1v) is 10.5. The number of methoxy groups -OCH3 is 1. The summed E-state index contributed by atoms with van der Waals surface area (Å²) < 4.78 is 11.9. The van der Waals surface area contributed by atoms with Gasteiger partial charge in [0.1, 0.15) is 0 Å². The Balaban J connectivity index is 1.72. The summed E-state index contributed by atoms with van der Waals surface area (Å²) in [6.07, 6.45) is 4.94. The van der Waals surface area contributed by atoms with Crippen LogP contribution in [0.1, 0.15) is 49.6 Å². The Morgan fingerprint density at radius 1 is 1.14 bits per heavy atom. The number of hydrogen-bond acceptors (Lipinski definition) is 4. The molecule has 0 amide bonds. The highest BCUT2D eigenvalue weighted by Gasteiger charge is 2.20. The van der Waals surface area contributed by atoms with Gasteiger partial charge in [-0.25, -0.2) is 4.99 Å². The first-order chi connectivity index (χ1) is 14.2. The molecule has 1 aromatic carbocycles. The molecule has 0 spiro atoms. The van der Waals surface area contributed by atoms with Crippen LogP contribution >= 0.6 is 0 Å². The van der Waals surface area contributed by atoms with E-state index in [0.29, 0.717) is 13.1 Å². The number of para-hydroxylation sites is 1. The predicted octanol–water partition coefficient (Wildman–Crippen LogP) is 3.98. The van der Waals surface area contributed by atoms with Crippen LogP contribution in [0, 0.1) is 6.92 Å². The topological polar surface area (TPSA) is 67.8 Å². The molecule has 6 nitrogen and oxygen atoms in total. The number of nitrogens with one attached hydrogen (secondary N) is 2. The Kier molecular flexibility index (Phi) is 7.73. The molecule has 0 saturated heterocycles. The van der Waals surface area contributed by atoms with Gasteiger partial charge in [0.05, 0.1) is 32.0 Å². The third-order valence-corrected chi connectivity index (χ3v) is 5.00. The Morgan fingerprint density at radius 2 is 1.93 bits per heavy atom. The zero-order chi connectivity index (χ0) is 20.5. The molecule has 2 N–H and O–H groups in total. The number of aromatic nitrogens is 1. The smallest absolute Gasteiger partial charge is 0.191 e. The molecule has 0 aliphatic heterocycles. The van der Waals surface area contributed by atoms with Gasteiger partial charge in [0.15, 0.2) is 17.5 Å². The fourth-order valence-electron chi connectivity index (χ4n) is 3.53. The molecule has 1 aromatic heterocycles. The molecular weight excluding hydrogens is 364 g/mol. The quantitative estimate of drug-likeness (QED) is 0.522. The van der Waals surface area contributed by atoms with Crippen molar-refractivity contribution >= 4 is 5.96 Å². The van der Waals surface area contributed by atoms with Crippen molar-refractivity contribution in [2.45, 2.75) is 58.7 Å². The van der Waals surface area contributed by atoms with Gasteiger partial charge in [-0.05, 0) is 57.7 Å². The Morgan fingerprint density at radius 3 is 2.66 bits per heavy atom. The highest BCUT2D eigenvalue weighted by molar-refractivity contribution is 5.79. The number of ether oxygens (including phenoxy) is 2. The normalized spacial score (nSPS) is 14.7. The van der Waals surface area contributed by atoms with E-state index in [4.69, 9.17) is 14.5 Å². The predicted molar refractivity (Wildman–Crippen MR) is 117 cm³/mol. The molecule has 1 aliphatic carbocycles. The molecule has 2 aromatic rings. The van der Waals surface area contributed by atoms with E-state index >= 15 is 0 Å². The minimum atomic E-state index is 0.271. The number of hydrogen-bond donors (Lipinski definition) is 2. The van der Waals surface area contributed by atoms with Crippen molar-refractivity contribution in [3.8, 4) is 11.5 Å². The molecule has 1 fully saturated rings. The summed E-state index contributed by atoms with van der Waals surface area (Å²) in [4.78, 5) is 9.30. The van der Waals surface area contributed by atoms with Crippen molar-refractivity contribution in [2.75, 3.05) is 13.7 Å². The lowest BCUT2D eigenvalue weighted by Crippen LogP contribution is -2.37. The average molecular weight is 397 g/mol. The van der Waals surface area contributed by atoms with Gasteiger partial charge >= 0.3 is 0 Å². The second kappa shape index (κ2) is 10.7. The average Bonchev–Trinajstić information content (AvgIpc) is 3.24. The van der Waals surface area contributed by atoms with Crippen LogP contribution in [-0.2, 0) is 13.1 Å². The van der Waals surface area contributed by atoms with Gasteiger partial charge in [-0.3, -0.25) is 4.98 Å². The second-order valence-corrected chi connectivity index (χ2v) is 7.29. The lowest BCUT2D eigenvalue weighted by molar-refractivity contribution is 0.198. The molecular formula is C23H32N4O2. The van der Waals surface area contributed by atoms with Crippen molar-refractivity contribution < 1.29 is 9.47 Å². The van der Waals surface area contributed by atoms with Crippen LogP contribution in [0.5, 0.6) is 11.5 Å². The molecule has 0 bridgehead atoms. The van der Waals surface area contributed by atoms with E-state index in [1.807, 2.05) is 37.3 Å². The third kappa shape index (κ3) is 6.11. The number of pyridine rings is 1. The van der Waals surface area contributed by atoms with Crippen molar-refractivity contribution in [3.63, 3.8) is 0 Å². The summed E-state index contributed by atoms with van der Waals surface area (Å²) in [7, 11) is 1.68. The SMILES string of the molecule is CCNC(=NCc1cccc(OC)c1OC1CCCC1)NCc1cccc(C)n1. The van der Waals surface area contributed by atoms with Crippen LogP contribution in [0.2, 0.25) is 0 Å². The van der Waals surface area contributed by atoms with Gasteiger partial charge in [-0.2, -0.15) is 0 Å². The van der Waals surface area contributed by atoms with Crippen LogP contribution in [-0.4, -0.2) is 30.7 Å². The molecule has 6 heteroatoms. The lowest BCUT2D eigenvalue weighted by Gasteiger charge is -2.19. The van der Waals surface area contributed by atoms with Crippen molar-refractivity contribution in [1.29, 1.82) is 0 Å². The van der Waals surface area contributed by atoms with E-state index in [0.717, 1.165) is 53.8 Å². The van der Waals surface area contributed by atoms with Gasteiger partial charge in [-0.15, -0.1) is 0 Å². The molecule has 156 valence electrons. The zero-order valence-electron chi connectivity index (χ0n) is 17.7. The highest BCUT2D eigenvalue weighted by atomic mass is 16.5. The Hall–Kier alpha value is -2.76. The van der Waals surface area contributed by atoms with Gasteiger partial charge in [-0.1, -0.05) is 18.2 Å². The van der Waals surface area contributed by atoms with Gasteiger partial charge in [0.2, 0.25) is 0 Å². The van der Waals surface area contributed by atoms with Crippen LogP contribution in [0.4, 0.5) is 0 Å². The van der Waals surface area contributed by atoms with Gasteiger partial charge in [0, 0.05) is 17.8 Å². The van der Waals surface area contributed by atoms with Crippen molar-refractivity contribution in [2.24, 2.45) is 4.99 Å². The number of benzene rings is 1. The van der Waals surface area contributed by atoms with Gasteiger partial charge < -0.3 is 20.1 Å². The summed E-state index contributed by atoms with van der Waals surface area (Å²) in [5, 5.41) is 6.66. The lowest BCUT2D eigenvalue weighted by atomic mass is 10.1. The zero-order valence-corrected chi connectivity index (χ0v) is 17.7. The number of guanidine groups is 1. The summed E-state index contributed by atoms with van der Waals surface area (Å²) >= 11 is 0. The van der Waals surface area contributed by atoms with E-state index < -0.39 is 0 Å². The highest BCUT2D eigenvalue weighted by Crippen LogP contribution is 2.35. The van der Waals surface area contributed by atoms with Gasteiger partial charge in [0.25, 0.3) is 0 Å². The van der Waals surface area contributed by atoms with E-state index in [1.165, 1.54) is 12.8 Å². The molecule has 0 atom stereocenters. The fourth-order valence-corrected chi connectivity index (χ4v) is 3.53. The number of nitrogens with zero attached hydrogens (tertiary/aromatic N) is 2. The fraction of sp³-hybridized carbons (Fsp3) is 0.478. The Bertz CT molecular complexity index is 816. The van der Waals surface area contributed by atoms with E-state index in [1.54, 1.807) is 7.11 Å². The molecule has 1 heterocycles. The van der Waals surface area contributed by atoms with Crippen LogP contribution in [0.3, 0.4) is 0 Å². The monoisotopic (exact) mass is 396 g/mol. The minimum absolute atomic E-state index is 0.271. The number of aliphatic imine (C=N–C) groups is 1. The second-order valence-electron chi connectivity index (χ2n) is 7.29. The molecule has 0 unspecified atom stereocenters. The maximum atomic E-state index is 6.32. The minimum Gasteiger partial charge on any atom is -0.493 e. The molecule has 29 heavy (non-hydrogen) atoms. The van der Waals surface area contributed by atoms with E-state index in [9.17, 15) is 0 Å². The first kappa shape index (κ1) is 21.0. The molecule has 3 rings (SSSR count). The first-order valence-electron chi connectivity index (χ1n) is 10.5. The summed E-state index contributed by atoms with van der Waals surface area (Å²) in [6, 6.07) is 12.0. The largest absolute Gasteiger partial charge is 0.493 e. The maximum absolute atomic E-state index is 6.32. The number of aryl methyl sites for hydroxylation is 1. The number of rotatable bonds is 8. The van der Waals surface area contributed by atoms with E-state index in [-0.39, 0.29) is 6.10 Å². The Labute approximate surface area is 173 Å². The summed E-state index contributed by atoms with van der Waals surface area (Å²) in [5.74, 6) is 2.35. The standard InChI is InChI=1S/C23H32N4O2/c1-4-24-23(26-16-19-11-7-9-17(2)27-19)25-15-18-10-8-14-21(28-3)22(18)29-20-12-5-6-13-20/h7-11,14,20H,4-6,12-13,15-16H2,1-3H3,(H2,24,25,26). The van der Waals surface area contributed by atoms with Crippen LogP contribution in [0.25, 0.3) is 0 Å². The summed E-state index contributed by atoms with van der Waals surface area (Å²) in [5.41, 5.74) is 3.03. The summed E-state index contributed by atoms with van der Waals surface area (Å²) in [6.45, 7) is 5.98. The molecule has 1 saturated carbocycles. The van der Waals surface area contributed by atoms with Crippen molar-refractivity contribution in [3.05, 3.63) is 53.3 Å². The third-order valence-electron chi connectivity index (χ3n) is 5.00. The van der Waals surface area contributed by atoms with Crippen LogP contribution < -0.4 is 20.1 Å².